The van der Waals surface area contributed by atoms with Gasteiger partial charge in [-0.25, -0.2) is 0 Å². The average molecular weight is 262 g/mol. The van der Waals surface area contributed by atoms with E-state index in [4.69, 9.17) is 11.6 Å². The lowest BCUT2D eigenvalue weighted by atomic mass is 9.98. The van der Waals surface area contributed by atoms with Crippen molar-refractivity contribution in [3.63, 3.8) is 0 Å². The van der Waals surface area contributed by atoms with E-state index in [1.807, 2.05) is 18.3 Å². The van der Waals surface area contributed by atoms with Gasteiger partial charge in [-0.1, -0.05) is 30.7 Å². The number of fused-ring (bicyclic) bond motifs is 1. The predicted molar refractivity (Wildman–Crippen MR) is 75.2 cm³/mol. The molecule has 0 atom stereocenters. The van der Waals surface area contributed by atoms with E-state index in [9.17, 15) is 0 Å². The van der Waals surface area contributed by atoms with Crippen LogP contribution in [0, 0.1) is 5.92 Å². The molecule has 0 spiro atoms. The van der Waals surface area contributed by atoms with Gasteiger partial charge in [0, 0.05) is 18.5 Å². The maximum Gasteiger partial charge on any atom is 0.114 e. The smallest absolute Gasteiger partial charge is 0.114 e. The van der Waals surface area contributed by atoms with Crippen LogP contribution in [0.2, 0.25) is 5.02 Å². The van der Waals surface area contributed by atoms with Gasteiger partial charge in [0.15, 0.2) is 0 Å². The van der Waals surface area contributed by atoms with Crippen molar-refractivity contribution < 1.29 is 0 Å². The Morgan fingerprint density at radius 2 is 2.06 bits per heavy atom. The number of rotatable bonds is 1. The Bertz CT molecular complexity index is 562. The molecule has 0 amide bonds. The fourth-order valence-corrected chi connectivity index (χ4v) is 2.75. The highest BCUT2D eigenvalue weighted by Gasteiger charge is 2.18. The molecule has 0 bridgehead atoms. The Balaban J connectivity index is 2.04. The Morgan fingerprint density at radius 1 is 1.28 bits per heavy atom. The van der Waals surface area contributed by atoms with Crippen molar-refractivity contribution in [3.8, 4) is 0 Å². The first-order chi connectivity index (χ1) is 8.75. The topological polar surface area (TPSA) is 29.0 Å². The van der Waals surface area contributed by atoms with Crippen molar-refractivity contribution in [1.29, 1.82) is 0 Å². The minimum absolute atomic E-state index is 0.673. The fourth-order valence-electron chi connectivity index (χ4n) is 2.54. The van der Waals surface area contributed by atoms with Crippen LogP contribution in [0.1, 0.15) is 19.8 Å². The van der Waals surface area contributed by atoms with Crippen LogP contribution in [0.4, 0.5) is 5.69 Å². The van der Waals surface area contributed by atoms with E-state index in [1.165, 1.54) is 12.8 Å². The molecule has 2 heterocycles. The normalized spacial score (nSPS) is 17.3. The zero-order valence-electron chi connectivity index (χ0n) is 10.4. The molecular weight excluding hydrogens is 246 g/mol. The highest BCUT2D eigenvalue weighted by molar-refractivity contribution is 6.35. The van der Waals surface area contributed by atoms with Crippen LogP contribution < -0.4 is 4.90 Å². The minimum atomic E-state index is 0.673. The molecule has 0 radical (unpaired) electrons. The number of anilines is 1. The molecule has 1 aliphatic heterocycles. The van der Waals surface area contributed by atoms with Crippen molar-refractivity contribution in [2.24, 2.45) is 5.92 Å². The summed E-state index contributed by atoms with van der Waals surface area (Å²) < 4.78 is 0. The van der Waals surface area contributed by atoms with Gasteiger partial charge in [0.2, 0.25) is 0 Å². The Morgan fingerprint density at radius 3 is 2.83 bits per heavy atom. The van der Waals surface area contributed by atoms with Crippen molar-refractivity contribution in [2.45, 2.75) is 19.8 Å². The largest absolute Gasteiger partial charge is 0.370 e. The van der Waals surface area contributed by atoms with Gasteiger partial charge in [-0.2, -0.15) is 5.10 Å². The molecule has 18 heavy (non-hydrogen) atoms. The molecule has 1 aliphatic rings. The van der Waals surface area contributed by atoms with Crippen LogP contribution in [-0.4, -0.2) is 23.3 Å². The van der Waals surface area contributed by atoms with Crippen LogP contribution in [0.25, 0.3) is 10.9 Å². The fraction of sp³-hybridized carbons (Fsp3) is 0.429. The summed E-state index contributed by atoms with van der Waals surface area (Å²) in [5.41, 5.74) is 1.96. The Kier molecular flexibility index (Phi) is 3.08. The van der Waals surface area contributed by atoms with E-state index in [1.54, 1.807) is 0 Å². The first-order valence-corrected chi connectivity index (χ1v) is 6.78. The molecule has 0 unspecified atom stereocenters. The van der Waals surface area contributed by atoms with E-state index < -0.39 is 0 Å². The maximum absolute atomic E-state index is 6.17. The van der Waals surface area contributed by atoms with Gasteiger partial charge in [-0.15, -0.1) is 5.10 Å². The van der Waals surface area contributed by atoms with Gasteiger partial charge in [0.25, 0.3) is 0 Å². The summed E-state index contributed by atoms with van der Waals surface area (Å²) in [4.78, 5) is 2.40. The average Bonchev–Trinajstić information content (AvgIpc) is 2.40. The summed E-state index contributed by atoms with van der Waals surface area (Å²) in [6.45, 7) is 4.50. The Hall–Kier alpha value is -1.35. The van der Waals surface area contributed by atoms with Crippen LogP contribution in [-0.2, 0) is 0 Å². The number of aromatic nitrogens is 2. The van der Waals surface area contributed by atoms with Crippen LogP contribution in [0.3, 0.4) is 0 Å². The van der Waals surface area contributed by atoms with Gasteiger partial charge in [0.1, 0.15) is 5.52 Å². The predicted octanol–water partition coefficient (Wildman–Crippen LogP) is 3.52. The van der Waals surface area contributed by atoms with Gasteiger partial charge in [-0.05, 0) is 24.8 Å². The first-order valence-electron chi connectivity index (χ1n) is 6.40. The van der Waals surface area contributed by atoms with E-state index in [-0.39, 0.29) is 0 Å². The monoisotopic (exact) mass is 261 g/mol. The van der Waals surface area contributed by atoms with E-state index in [0.717, 1.165) is 35.6 Å². The number of benzene rings is 1. The molecule has 2 aromatic rings. The SMILES string of the molecule is CC1CCN(c2cnnc3c(Cl)cccc23)CC1. The molecule has 3 rings (SSSR count). The summed E-state index contributed by atoms with van der Waals surface area (Å²) in [6.07, 6.45) is 4.34. The van der Waals surface area contributed by atoms with Crippen molar-refractivity contribution in [2.75, 3.05) is 18.0 Å². The van der Waals surface area contributed by atoms with Crippen molar-refractivity contribution in [1.82, 2.24) is 10.2 Å². The Labute approximate surface area is 112 Å². The van der Waals surface area contributed by atoms with E-state index >= 15 is 0 Å². The van der Waals surface area contributed by atoms with E-state index in [0.29, 0.717) is 5.02 Å². The third-order valence-corrected chi connectivity index (χ3v) is 4.03. The van der Waals surface area contributed by atoms with Crippen LogP contribution in [0.5, 0.6) is 0 Å². The summed E-state index contributed by atoms with van der Waals surface area (Å²) in [5.74, 6) is 0.825. The highest BCUT2D eigenvalue weighted by Crippen LogP contribution is 2.31. The molecule has 4 heteroatoms. The number of hydrogen-bond acceptors (Lipinski definition) is 3. The third-order valence-electron chi connectivity index (χ3n) is 3.72. The third kappa shape index (κ3) is 2.03. The standard InChI is InChI=1S/C14H16ClN3/c1-10-5-7-18(8-6-10)13-9-16-17-14-11(13)3-2-4-12(14)15/h2-4,9-10H,5-8H2,1H3. The number of hydrogen-bond donors (Lipinski definition) is 0. The number of halogens is 1. The van der Waals surface area contributed by atoms with Gasteiger partial charge >= 0.3 is 0 Å². The lowest BCUT2D eigenvalue weighted by Gasteiger charge is -2.32. The highest BCUT2D eigenvalue weighted by atomic mass is 35.5. The molecule has 1 saturated heterocycles. The summed E-state index contributed by atoms with van der Waals surface area (Å²) in [6, 6.07) is 5.91. The number of nitrogens with zero attached hydrogens (tertiary/aromatic N) is 3. The molecule has 1 fully saturated rings. The van der Waals surface area contributed by atoms with Gasteiger partial charge in [-0.3, -0.25) is 0 Å². The molecule has 1 aromatic carbocycles. The summed E-state index contributed by atoms with van der Waals surface area (Å²) >= 11 is 6.17. The number of piperidine rings is 1. The lowest BCUT2D eigenvalue weighted by Crippen LogP contribution is -2.33. The molecule has 3 nitrogen and oxygen atoms in total. The minimum Gasteiger partial charge on any atom is -0.370 e. The molecular formula is C14H16ClN3. The molecule has 1 aromatic heterocycles. The van der Waals surface area contributed by atoms with Crippen LogP contribution >= 0.6 is 11.6 Å². The second-order valence-corrected chi connectivity index (χ2v) is 5.44. The summed E-state index contributed by atoms with van der Waals surface area (Å²) in [7, 11) is 0. The lowest BCUT2D eigenvalue weighted by molar-refractivity contribution is 0.439. The first kappa shape index (κ1) is 11.7. The van der Waals surface area contributed by atoms with E-state index in [2.05, 4.69) is 28.1 Å². The molecule has 0 N–H and O–H groups in total. The van der Waals surface area contributed by atoms with Gasteiger partial charge < -0.3 is 4.90 Å². The summed E-state index contributed by atoms with van der Waals surface area (Å²) in [5, 5.41) is 10.0. The van der Waals surface area contributed by atoms with Crippen LogP contribution in [0.15, 0.2) is 24.4 Å². The second kappa shape index (κ2) is 4.73. The zero-order chi connectivity index (χ0) is 12.5. The molecule has 94 valence electrons. The zero-order valence-corrected chi connectivity index (χ0v) is 11.2. The second-order valence-electron chi connectivity index (χ2n) is 5.04. The molecule has 0 aliphatic carbocycles. The van der Waals surface area contributed by atoms with Crippen molar-refractivity contribution in [3.05, 3.63) is 29.4 Å². The maximum atomic E-state index is 6.17. The quantitative estimate of drug-likeness (QED) is 0.787. The molecule has 0 saturated carbocycles. The van der Waals surface area contributed by atoms with Gasteiger partial charge in [0.05, 0.1) is 16.9 Å². The van der Waals surface area contributed by atoms with Crippen molar-refractivity contribution >= 4 is 28.2 Å².